The van der Waals surface area contributed by atoms with Gasteiger partial charge in [0.1, 0.15) is 0 Å². The van der Waals surface area contributed by atoms with E-state index >= 15 is 0 Å². The van der Waals surface area contributed by atoms with Crippen molar-refractivity contribution in [3.05, 3.63) is 17.3 Å². The van der Waals surface area contributed by atoms with Gasteiger partial charge in [0.25, 0.3) is 9.05 Å². The summed E-state index contributed by atoms with van der Waals surface area (Å²) in [6, 6.07) is 1.41. The van der Waals surface area contributed by atoms with E-state index in [1.807, 2.05) is 0 Å². The molecule has 0 aromatic carbocycles. The van der Waals surface area contributed by atoms with Crippen LogP contribution in [0.2, 0.25) is 5.02 Å². The van der Waals surface area contributed by atoms with E-state index in [9.17, 15) is 8.42 Å². The first-order valence-electron chi connectivity index (χ1n) is 3.10. The molecular weight excluding hydrogens is 237 g/mol. The van der Waals surface area contributed by atoms with Crippen molar-refractivity contribution in [3.8, 4) is 5.75 Å². The van der Waals surface area contributed by atoms with E-state index in [-0.39, 0.29) is 15.8 Å². The zero-order chi connectivity index (χ0) is 10.1. The monoisotopic (exact) mass is 241 g/mol. The molecular formula is C6H5Cl2NO3S. The number of rotatable bonds is 2. The smallest absolute Gasteiger partial charge is 0.282 e. The molecule has 0 spiro atoms. The summed E-state index contributed by atoms with van der Waals surface area (Å²) in [4.78, 5) is 3.55. The van der Waals surface area contributed by atoms with Crippen LogP contribution in [0.4, 0.5) is 0 Å². The van der Waals surface area contributed by atoms with Gasteiger partial charge in [-0.1, -0.05) is 11.6 Å². The maximum atomic E-state index is 10.9. The molecule has 0 N–H and O–H groups in total. The van der Waals surface area contributed by atoms with Crippen LogP contribution in [0.3, 0.4) is 0 Å². The lowest BCUT2D eigenvalue weighted by Gasteiger charge is -2.05. The second-order valence-corrected chi connectivity index (χ2v) is 4.96. The van der Waals surface area contributed by atoms with Crippen LogP contribution in [0.15, 0.2) is 17.3 Å². The molecule has 7 heteroatoms. The summed E-state index contributed by atoms with van der Waals surface area (Å²) in [5.41, 5.74) is 0. The highest BCUT2D eigenvalue weighted by Crippen LogP contribution is 2.31. The van der Waals surface area contributed by atoms with Crippen LogP contribution in [-0.2, 0) is 9.05 Å². The Kier molecular flexibility index (Phi) is 3.00. The molecule has 0 aliphatic carbocycles. The van der Waals surface area contributed by atoms with Crippen LogP contribution in [0.25, 0.3) is 0 Å². The van der Waals surface area contributed by atoms with Crippen molar-refractivity contribution in [2.45, 2.75) is 5.03 Å². The average molecular weight is 242 g/mol. The summed E-state index contributed by atoms with van der Waals surface area (Å²) in [6.45, 7) is 0. The van der Waals surface area contributed by atoms with E-state index in [2.05, 4.69) is 4.98 Å². The fourth-order valence-corrected chi connectivity index (χ4v) is 1.98. The highest BCUT2D eigenvalue weighted by Gasteiger charge is 2.20. The van der Waals surface area contributed by atoms with Crippen molar-refractivity contribution >= 4 is 31.3 Å². The first-order chi connectivity index (χ1) is 5.96. The molecule has 4 nitrogen and oxygen atoms in total. The SMILES string of the molecule is COc1c(Cl)ccnc1S(=O)(=O)Cl. The zero-order valence-corrected chi connectivity index (χ0v) is 8.82. The first kappa shape index (κ1) is 10.6. The minimum Gasteiger partial charge on any atom is -0.492 e. The van der Waals surface area contributed by atoms with Gasteiger partial charge >= 0.3 is 0 Å². The van der Waals surface area contributed by atoms with E-state index < -0.39 is 9.05 Å². The lowest BCUT2D eigenvalue weighted by Crippen LogP contribution is -1.99. The molecule has 0 radical (unpaired) electrons. The normalized spacial score (nSPS) is 11.3. The van der Waals surface area contributed by atoms with Crippen molar-refractivity contribution in [3.63, 3.8) is 0 Å². The van der Waals surface area contributed by atoms with Crippen LogP contribution in [-0.4, -0.2) is 20.5 Å². The van der Waals surface area contributed by atoms with Crippen molar-refractivity contribution in [1.29, 1.82) is 0 Å². The van der Waals surface area contributed by atoms with E-state index in [0.717, 1.165) is 0 Å². The van der Waals surface area contributed by atoms with Gasteiger partial charge in [0, 0.05) is 16.9 Å². The standard InChI is InChI=1S/C6H5Cl2NO3S/c1-12-5-4(7)2-3-9-6(5)13(8,10)11/h2-3H,1H3. The van der Waals surface area contributed by atoms with E-state index in [1.54, 1.807) is 0 Å². The fraction of sp³-hybridized carbons (Fsp3) is 0.167. The molecule has 1 aromatic rings. The maximum absolute atomic E-state index is 10.9. The second-order valence-electron chi connectivity index (χ2n) is 2.07. The van der Waals surface area contributed by atoms with Gasteiger partial charge in [-0.25, -0.2) is 13.4 Å². The van der Waals surface area contributed by atoms with Crippen molar-refractivity contribution < 1.29 is 13.2 Å². The molecule has 0 unspecified atom stereocenters. The Balaban J connectivity index is 3.47. The Hall–Kier alpha value is -0.520. The number of hydrogen-bond donors (Lipinski definition) is 0. The molecule has 1 aromatic heterocycles. The summed E-state index contributed by atoms with van der Waals surface area (Å²) in [5, 5.41) is -0.221. The lowest BCUT2D eigenvalue weighted by molar-refractivity contribution is 0.399. The Labute approximate surface area is 84.9 Å². The molecule has 0 saturated heterocycles. The van der Waals surface area contributed by atoms with Gasteiger partial charge < -0.3 is 4.74 Å². The largest absolute Gasteiger partial charge is 0.492 e. The van der Waals surface area contributed by atoms with Gasteiger partial charge in [0.05, 0.1) is 12.1 Å². The highest BCUT2D eigenvalue weighted by molar-refractivity contribution is 8.13. The minimum absolute atomic E-state index is 0.0424. The van der Waals surface area contributed by atoms with Gasteiger partial charge in [-0.15, -0.1) is 0 Å². The quantitative estimate of drug-likeness (QED) is 0.740. The van der Waals surface area contributed by atoms with Crippen molar-refractivity contribution in [1.82, 2.24) is 4.98 Å². The van der Waals surface area contributed by atoms with E-state index in [1.165, 1.54) is 19.4 Å². The number of methoxy groups -OCH3 is 1. The van der Waals surface area contributed by atoms with Crippen LogP contribution >= 0.6 is 22.3 Å². The summed E-state index contributed by atoms with van der Waals surface area (Å²) in [6.07, 6.45) is 1.24. The van der Waals surface area contributed by atoms with Gasteiger partial charge in [0.2, 0.25) is 5.03 Å². The molecule has 0 saturated carbocycles. The van der Waals surface area contributed by atoms with Gasteiger partial charge in [-0.3, -0.25) is 0 Å². The number of halogens is 2. The number of ether oxygens (including phenoxy) is 1. The van der Waals surface area contributed by atoms with Crippen LogP contribution in [0.5, 0.6) is 5.75 Å². The number of aromatic nitrogens is 1. The van der Waals surface area contributed by atoms with Crippen molar-refractivity contribution in [2.24, 2.45) is 0 Å². The van der Waals surface area contributed by atoms with Crippen LogP contribution in [0, 0.1) is 0 Å². The van der Waals surface area contributed by atoms with Crippen molar-refractivity contribution in [2.75, 3.05) is 7.11 Å². The third-order valence-electron chi connectivity index (χ3n) is 1.26. The molecule has 13 heavy (non-hydrogen) atoms. The molecule has 1 heterocycles. The van der Waals surface area contributed by atoms with E-state index in [4.69, 9.17) is 27.0 Å². The third-order valence-corrected chi connectivity index (χ3v) is 2.75. The Morgan fingerprint density at radius 2 is 2.15 bits per heavy atom. The molecule has 0 fully saturated rings. The van der Waals surface area contributed by atoms with Gasteiger partial charge in [-0.05, 0) is 6.07 Å². The number of nitrogens with zero attached hydrogens (tertiary/aromatic N) is 1. The summed E-state index contributed by atoms with van der Waals surface area (Å²) in [7, 11) is 2.46. The first-order valence-corrected chi connectivity index (χ1v) is 5.78. The van der Waals surface area contributed by atoms with Gasteiger partial charge in [0.15, 0.2) is 5.75 Å². The Morgan fingerprint density at radius 1 is 1.54 bits per heavy atom. The Morgan fingerprint density at radius 3 is 2.54 bits per heavy atom. The highest BCUT2D eigenvalue weighted by atomic mass is 35.7. The molecule has 0 aliphatic rings. The molecule has 72 valence electrons. The summed E-state index contributed by atoms with van der Waals surface area (Å²) in [5.74, 6) is -0.0424. The summed E-state index contributed by atoms with van der Waals surface area (Å²) < 4.78 is 26.6. The minimum atomic E-state index is -3.92. The second kappa shape index (κ2) is 3.69. The molecule has 1 rings (SSSR count). The topological polar surface area (TPSA) is 56.3 Å². The number of pyridine rings is 1. The lowest BCUT2D eigenvalue weighted by atomic mass is 10.4. The average Bonchev–Trinajstić information content (AvgIpc) is 2.02. The fourth-order valence-electron chi connectivity index (χ4n) is 0.765. The van der Waals surface area contributed by atoms with Gasteiger partial charge in [-0.2, -0.15) is 0 Å². The van der Waals surface area contributed by atoms with Crippen LogP contribution in [0.1, 0.15) is 0 Å². The maximum Gasteiger partial charge on any atom is 0.282 e. The zero-order valence-electron chi connectivity index (χ0n) is 6.49. The molecule has 0 bridgehead atoms. The summed E-state index contributed by atoms with van der Waals surface area (Å²) >= 11 is 5.65. The third kappa shape index (κ3) is 2.24. The van der Waals surface area contributed by atoms with Crippen LogP contribution < -0.4 is 4.74 Å². The molecule has 0 amide bonds. The Bertz CT molecular complexity index is 418. The molecule has 0 aliphatic heterocycles. The number of hydrogen-bond acceptors (Lipinski definition) is 4. The van der Waals surface area contributed by atoms with E-state index in [0.29, 0.717) is 0 Å². The predicted octanol–water partition coefficient (Wildman–Crippen LogP) is 1.67. The predicted molar refractivity (Wildman–Crippen MR) is 48.8 cm³/mol. The molecule has 0 atom stereocenters.